The molecule has 0 aliphatic carbocycles. The Bertz CT molecular complexity index is 453. The second kappa shape index (κ2) is 7.60. The summed E-state index contributed by atoms with van der Waals surface area (Å²) in [4.78, 5) is 14.5. The van der Waals surface area contributed by atoms with Crippen LogP contribution < -0.4 is 5.32 Å². The zero-order valence-corrected chi connectivity index (χ0v) is 13.6. The van der Waals surface area contributed by atoms with E-state index < -0.39 is 0 Å². The quantitative estimate of drug-likeness (QED) is 0.871. The van der Waals surface area contributed by atoms with Crippen LogP contribution in [0.5, 0.6) is 0 Å². The number of likely N-dealkylation sites (tertiary alicyclic amines) is 1. The van der Waals surface area contributed by atoms with Gasteiger partial charge in [-0.1, -0.05) is 45.0 Å². The molecule has 3 nitrogen and oxygen atoms in total. The van der Waals surface area contributed by atoms with Gasteiger partial charge < -0.3 is 10.2 Å². The first-order chi connectivity index (χ1) is 10.1. The lowest BCUT2D eigenvalue weighted by atomic mass is 10.0. The first-order valence-electron chi connectivity index (χ1n) is 8.22. The Balaban J connectivity index is 1.96. The summed E-state index contributed by atoms with van der Waals surface area (Å²) in [5.41, 5.74) is 2.58. The van der Waals surface area contributed by atoms with E-state index in [0.29, 0.717) is 5.92 Å². The molecule has 1 amide bonds. The van der Waals surface area contributed by atoms with Crippen molar-refractivity contribution in [3.63, 3.8) is 0 Å². The van der Waals surface area contributed by atoms with Crippen molar-refractivity contribution in [1.82, 2.24) is 10.2 Å². The summed E-state index contributed by atoms with van der Waals surface area (Å²) in [7, 11) is 0. The maximum Gasteiger partial charge on any atom is 0.240 e. The van der Waals surface area contributed by atoms with Gasteiger partial charge in [0.2, 0.25) is 5.91 Å². The third kappa shape index (κ3) is 4.31. The van der Waals surface area contributed by atoms with E-state index in [2.05, 4.69) is 50.4 Å². The standard InChI is InChI=1S/C18H28N2O/c1-4-11-19-17-6-5-12-20(18(17)21)13-15-7-9-16(10-8-15)14(2)3/h7-10,14,17,19H,4-6,11-13H2,1-3H3. The number of piperidine rings is 1. The molecule has 21 heavy (non-hydrogen) atoms. The van der Waals surface area contributed by atoms with Gasteiger partial charge in [-0.2, -0.15) is 0 Å². The summed E-state index contributed by atoms with van der Waals surface area (Å²) in [6, 6.07) is 8.70. The second-order valence-electron chi connectivity index (χ2n) is 6.31. The first kappa shape index (κ1) is 16.0. The highest BCUT2D eigenvalue weighted by molar-refractivity contribution is 5.82. The van der Waals surface area contributed by atoms with Crippen LogP contribution in [0.15, 0.2) is 24.3 Å². The van der Waals surface area contributed by atoms with Crippen molar-refractivity contribution in [2.24, 2.45) is 0 Å². The monoisotopic (exact) mass is 288 g/mol. The van der Waals surface area contributed by atoms with Crippen LogP contribution in [0.1, 0.15) is 57.1 Å². The molecular formula is C18H28N2O. The van der Waals surface area contributed by atoms with Gasteiger partial charge in [0.1, 0.15) is 0 Å². The number of benzene rings is 1. The topological polar surface area (TPSA) is 32.3 Å². The van der Waals surface area contributed by atoms with E-state index >= 15 is 0 Å². The molecule has 1 atom stereocenters. The number of hydrogen-bond donors (Lipinski definition) is 1. The molecule has 1 aromatic rings. The molecule has 2 rings (SSSR count). The van der Waals surface area contributed by atoms with Crippen LogP contribution in [-0.4, -0.2) is 29.9 Å². The van der Waals surface area contributed by atoms with E-state index in [1.165, 1.54) is 11.1 Å². The summed E-state index contributed by atoms with van der Waals surface area (Å²) in [5, 5.41) is 3.37. The number of carbonyl (C=O) groups is 1. The molecule has 116 valence electrons. The van der Waals surface area contributed by atoms with E-state index in [-0.39, 0.29) is 11.9 Å². The molecule has 1 N–H and O–H groups in total. The van der Waals surface area contributed by atoms with Crippen LogP contribution in [0.4, 0.5) is 0 Å². The molecule has 0 aromatic heterocycles. The van der Waals surface area contributed by atoms with E-state index in [1.54, 1.807) is 0 Å². The van der Waals surface area contributed by atoms with Gasteiger partial charge in [0, 0.05) is 13.1 Å². The summed E-state index contributed by atoms with van der Waals surface area (Å²) in [6.45, 7) is 9.08. The Morgan fingerprint density at radius 1 is 1.29 bits per heavy atom. The Morgan fingerprint density at radius 2 is 2.00 bits per heavy atom. The van der Waals surface area contributed by atoms with Crippen molar-refractivity contribution < 1.29 is 4.79 Å². The molecule has 3 heteroatoms. The zero-order valence-electron chi connectivity index (χ0n) is 13.6. The fourth-order valence-corrected chi connectivity index (χ4v) is 2.83. The van der Waals surface area contributed by atoms with Crippen molar-refractivity contribution in [1.29, 1.82) is 0 Å². The molecule has 1 aliphatic rings. The summed E-state index contributed by atoms with van der Waals surface area (Å²) in [5.74, 6) is 0.820. The summed E-state index contributed by atoms with van der Waals surface area (Å²) < 4.78 is 0. The van der Waals surface area contributed by atoms with Crippen molar-refractivity contribution in [3.05, 3.63) is 35.4 Å². The largest absolute Gasteiger partial charge is 0.337 e. The third-order valence-corrected chi connectivity index (χ3v) is 4.19. The molecule has 1 heterocycles. The number of nitrogens with one attached hydrogen (secondary N) is 1. The van der Waals surface area contributed by atoms with Gasteiger partial charge in [-0.05, 0) is 42.9 Å². The molecule has 1 unspecified atom stereocenters. The van der Waals surface area contributed by atoms with Gasteiger partial charge in [0.05, 0.1) is 6.04 Å². The van der Waals surface area contributed by atoms with E-state index in [1.807, 2.05) is 4.90 Å². The molecule has 0 bridgehead atoms. The first-order valence-corrected chi connectivity index (χ1v) is 8.22. The highest BCUT2D eigenvalue weighted by Crippen LogP contribution is 2.18. The molecule has 1 fully saturated rings. The zero-order chi connectivity index (χ0) is 15.2. The third-order valence-electron chi connectivity index (χ3n) is 4.19. The summed E-state index contributed by atoms with van der Waals surface area (Å²) >= 11 is 0. The molecule has 1 aromatic carbocycles. The highest BCUT2D eigenvalue weighted by atomic mass is 16.2. The Hall–Kier alpha value is -1.35. The highest BCUT2D eigenvalue weighted by Gasteiger charge is 2.27. The van der Waals surface area contributed by atoms with Gasteiger partial charge in [-0.3, -0.25) is 4.79 Å². The van der Waals surface area contributed by atoms with Gasteiger partial charge >= 0.3 is 0 Å². The average molecular weight is 288 g/mol. The van der Waals surface area contributed by atoms with Crippen LogP contribution in [0.3, 0.4) is 0 Å². The van der Waals surface area contributed by atoms with Crippen LogP contribution in [0, 0.1) is 0 Å². The molecule has 0 saturated carbocycles. The minimum Gasteiger partial charge on any atom is -0.337 e. The predicted octanol–water partition coefficient (Wildman–Crippen LogP) is 3.30. The van der Waals surface area contributed by atoms with Crippen LogP contribution >= 0.6 is 0 Å². The Kier molecular flexibility index (Phi) is 5.80. The van der Waals surface area contributed by atoms with Crippen molar-refractivity contribution in [3.8, 4) is 0 Å². The lowest BCUT2D eigenvalue weighted by Gasteiger charge is -2.33. The van der Waals surface area contributed by atoms with Crippen LogP contribution in [-0.2, 0) is 11.3 Å². The fourth-order valence-electron chi connectivity index (χ4n) is 2.83. The van der Waals surface area contributed by atoms with E-state index in [0.717, 1.165) is 38.9 Å². The number of carbonyl (C=O) groups excluding carboxylic acids is 1. The lowest BCUT2D eigenvalue weighted by molar-refractivity contribution is -0.136. The maximum absolute atomic E-state index is 12.5. The number of rotatable bonds is 6. The van der Waals surface area contributed by atoms with E-state index in [9.17, 15) is 4.79 Å². The molecular weight excluding hydrogens is 260 g/mol. The van der Waals surface area contributed by atoms with E-state index in [4.69, 9.17) is 0 Å². The van der Waals surface area contributed by atoms with Crippen LogP contribution in [0.2, 0.25) is 0 Å². The van der Waals surface area contributed by atoms with Gasteiger partial charge in [-0.15, -0.1) is 0 Å². The molecule has 1 saturated heterocycles. The normalized spacial score (nSPS) is 19.3. The second-order valence-corrected chi connectivity index (χ2v) is 6.31. The SMILES string of the molecule is CCCNC1CCCN(Cc2ccc(C(C)C)cc2)C1=O. The van der Waals surface area contributed by atoms with Crippen molar-refractivity contribution >= 4 is 5.91 Å². The van der Waals surface area contributed by atoms with Crippen molar-refractivity contribution in [2.75, 3.05) is 13.1 Å². The Labute approximate surface area is 128 Å². The molecule has 0 radical (unpaired) electrons. The van der Waals surface area contributed by atoms with Gasteiger partial charge in [-0.25, -0.2) is 0 Å². The minimum absolute atomic E-state index is 0.0219. The fraction of sp³-hybridized carbons (Fsp3) is 0.611. The van der Waals surface area contributed by atoms with Crippen molar-refractivity contribution in [2.45, 2.75) is 58.5 Å². The van der Waals surface area contributed by atoms with Gasteiger partial charge in [0.15, 0.2) is 0 Å². The maximum atomic E-state index is 12.5. The minimum atomic E-state index is 0.0219. The number of amides is 1. The predicted molar refractivity (Wildman–Crippen MR) is 87.3 cm³/mol. The smallest absolute Gasteiger partial charge is 0.240 e. The van der Waals surface area contributed by atoms with Gasteiger partial charge in [0.25, 0.3) is 0 Å². The lowest BCUT2D eigenvalue weighted by Crippen LogP contribution is -2.50. The summed E-state index contributed by atoms with van der Waals surface area (Å²) in [6.07, 6.45) is 3.14. The number of hydrogen-bond acceptors (Lipinski definition) is 2. The molecule has 0 spiro atoms. The van der Waals surface area contributed by atoms with Crippen LogP contribution in [0.25, 0.3) is 0 Å². The Morgan fingerprint density at radius 3 is 2.62 bits per heavy atom. The molecule has 1 aliphatic heterocycles. The number of nitrogens with zero attached hydrogens (tertiary/aromatic N) is 1. The average Bonchev–Trinajstić information content (AvgIpc) is 2.49.